The first-order chi connectivity index (χ1) is 9.60. The Hall–Kier alpha value is -2.46. The molecule has 0 spiro atoms. The number of hydrogen-bond donors (Lipinski definition) is 1. The second-order valence-corrected chi connectivity index (χ2v) is 5.32. The molecule has 0 aliphatic rings. The van der Waals surface area contributed by atoms with Gasteiger partial charge in [-0.3, -0.25) is 10.1 Å². The van der Waals surface area contributed by atoms with Crippen molar-refractivity contribution in [3.63, 3.8) is 0 Å². The molecule has 0 amide bonds. The molecule has 2 aromatic rings. The van der Waals surface area contributed by atoms with Crippen molar-refractivity contribution < 1.29 is 4.92 Å². The van der Waals surface area contributed by atoms with E-state index >= 15 is 0 Å². The number of aromatic nitrogens is 1. The van der Waals surface area contributed by atoms with Crippen LogP contribution in [0.2, 0.25) is 0 Å². The average molecular weight is 288 g/mol. The highest BCUT2D eigenvalue weighted by molar-refractivity contribution is 7.09. The van der Waals surface area contributed by atoms with Crippen LogP contribution >= 0.6 is 11.3 Å². The normalized spacial score (nSPS) is 11.6. The number of pyridine rings is 1. The zero-order valence-electron chi connectivity index (χ0n) is 10.7. The Balaban J connectivity index is 2.16. The SMILES string of the molecule is CC(Cc1cccs1)Nc1ncc(C#N)cc1[N+](=O)[O-]. The maximum absolute atomic E-state index is 11.0. The van der Waals surface area contributed by atoms with Gasteiger partial charge in [-0.15, -0.1) is 11.3 Å². The van der Waals surface area contributed by atoms with Crippen molar-refractivity contribution in [2.24, 2.45) is 0 Å². The molecule has 1 atom stereocenters. The minimum Gasteiger partial charge on any atom is -0.362 e. The molecule has 2 aromatic heterocycles. The molecule has 0 saturated heterocycles. The van der Waals surface area contributed by atoms with Gasteiger partial charge in [-0.2, -0.15) is 5.26 Å². The number of nitrogens with one attached hydrogen (secondary N) is 1. The van der Waals surface area contributed by atoms with Crippen LogP contribution in [0.4, 0.5) is 11.5 Å². The first-order valence-corrected chi connectivity index (χ1v) is 6.81. The summed E-state index contributed by atoms with van der Waals surface area (Å²) in [5.41, 5.74) is -0.00441. The van der Waals surface area contributed by atoms with Gasteiger partial charge in [0.1, 0.15) is 6.07 Å². The molecule has 0 aromatic carbocycles. The van der Waals surface area contributed by atoms with E-state index in [4.69, 9.17) is 5.26 Å². The summed E-state index contributed by atoms with van der Waals surface area (Å²) in [4.78, 5) is 15.6. The molecule has 0 bridgehead atoms. The standard InChI is InChI=1S/C13H12N4O2S/c1-9(5-11-3-2-4-20-11)16-13-12(17(18)19)6-10(7-14)8-15-13/h2-4,6,8-9H,5H2,1H3,(H,15,16). The molecule has 1 unspecified atom stereocenters. The van der Waals surface area contributed by atoms with Crippen molar-refractivity contribution in [3.8, 4) is 6.07 Å². The number of rotatable bonds is 5. The van der Waals surface area contributed by atoms with Crippen molar-refractivity contribution in [1.82, 2.24) is 4.98 Å². The van der Waals surface area contributed by atoms with E-state index in [2.05, 4.69) is 10.3 Å². The van der Waals surface area contributed by atoms with Gasteiger partial charge >= 0.3 is 5.69 Å². The lowest BCUT2D eigenvalue weighted by Crippen LogP contribution is -2.19. The minimum atomic E-state index is -0.534. The van der Waals surface area contributed by atoms with Gasteiger partial charge in [0.15, 0.2) is 0 Å². The Bertz CT molecular complexity index is 649. The molecule has 102 valence electrons. The lowest BCUT2D eigenvalue weighted by atomic mass is 10.2. The third-order valence-electron chi connectivity index (χ3n) is 2.66. The zero-order chi connectivity index (χ0) is 14.5. The summed E-state index contributed by atoms with van der Waals surface area (Å²) in [7, 11) is 0. The molecule has 20 heavy (non-hydrogen) atoms. The molecule has 0 saturated carbocycles. The molecule has 2 rings (SSSR count). The number of thiophene rings is 1. The fourth-order valence-electron chi connectivity index (χ4n) is 1.78. The van der Waals surface area contributed by atoms with Gasteiger partial charge in [0.2, 0.25) is 5.82 Å². The van der Waals surface area contributed by atoms with Crippen LogP contribution in [0.3, 0.4) is 0 Å². The average Bonchev–Trinajstić information content (AvgIpc) is 2.91. The van der Waals surface area contributed by atoms with Crippen LogP contribution in [0.25, 0.3) is 0 Å². The maximum Gasteiger partial charge on any atom is 0.312 e. The molecule has 0 radical (unpaired) electrons. The summed E-state index contributed by atoms with van der Waals surface area (Å²) in [5, 5.41) is 24.8. The van der Waals surface area contributed by atoms with Crippen molar-refractivity contribution >= 4 is 22.8 Å². The minimum absolute atomic E-state index is 0.00721. The van der Waals surface area contributed by atoms with Gasteiger partial charge in [-0.25, -0.2) is 4.98 Å². The van der Waals surface area contributed by atoms with E-state index in [0.29, 0.717) is 0 Å². The molecule has 6 nitrogen and oxygen atoms in total. The van der Waals surface area contributed by atoms with Crippen LogP contribution in [-0.4, -0.2) is 15.9 Å². The van der Waals surface area contributed by atoms with Crippen LogP contribution < -0.4 is 5.32 Å². The van der Waals surface area contributed by atoms with Gasteiger partial charge in [0.05, 0.1) is 10.5 Å². The Morgan fingerprint density at radius 3 is 3.05 bits per heavy atom. The van der Waals surface area contributed by atoms with Crippen molar-refractivity contribution in [1.29, 1.82) is 5.26 Å². The van der Waals surface area contributed by atoms with E-state index in [1.165, 1.54) is 17.1 Å². The van der Waals surface area contributed by atoms with Crippen molar-refractivity contribution in [2.75, 3.05) is 5.32 Å². The summed E-state index contributed by atoms with van der Waals surface area (Å²) in [6, 6.07) is 7.07. The number of nitriles is 1. The molecule has 2 heterocycles. The number of anilines is 1. The fraction of sp³-hybridized carbons (Fsp3) is 0.231. The lowest BCUT2D eigenvalue weighted by Gasteiger charge is -2.13. The third-order valence-corrected chi connectivity index (χ3v) is 3.56. The van der Waals surface area contributed by atoms with Gasteiger partial charge in [0, 0.05) is 29.6 Å². The largest absolute Gasteiger partial charge is 0.362 e. The first kappa shape index (κ1) is 14.0. The predicted octanol–water partition coefficient (Wildman–Crippen LogP) is 2.97. The Labute approximate surface area is 119 Å². The Kier molecular flexibility index (Phi) is 4.27. The van der Waals surface area contributed by atoms with Crippen LogP contribution in [-0.2, 0) is 6.42 Å². The molecule has 1 N–H and O–H groups in total. The third kappa shape index (κ3) is 3.30. The lowest BCUT2D eigenvalue weighted by molar-refractivity contribution is -0.384. The van der Waals surface area contributed by atoms with Gasteiger partial charge in [-0.1, -0.05) is 6.07 Å². The summed E-state index contributed by atoms with van der Waals surface area (Å²) in [6.07, 6.45) is 2.09. The molecule has 7 heteroatoms. The second-order valence-electron chi connectivity index (χ2n) is 4.29. The van der Waals surface area contributed by atoms with Gasteiger partial charge in [0.25, 0.3) is 0 Å². The molecule has 0 aliphatic carbocycles. The monoisotopic (exact) mass is 288 g/mol. The summed E-state index contributed by atoms with van der Waals surface area (Å²) >= 11 is 1.64. The Morgan fingerprint density at radius 1 is 1.65 bits per heavy atom. The van der Waals surface area contributed by atoms with Crippen LogP contribution in [0, 0.1) is 21.4 Å². The highest BCUT2D eigenvalue weighted by Gasteiger charge is 2.18. The topological polar surface area (TPSA) is 91.8 Å². The second kappa shape index (κ2) is 6.12. The molecular weight excluding hydrogens is 276 g/mol. The molecule has 0 aliphatic heterocycles. The Morgan fingerprint density at radius 2 is 2.45 bits per heavy atom. The predicted molar refractivity (Wildman–Crippen MR) is 76.7 cm³/mol. The van der Waals surface area contributed by atoms with Crippen LogP contribution in [0.15, 0.2) is 29.8 Å². The quantitative estimate of drug-likeness (QED) is 0.674. The molecule has 0 fully saturated rings. The summed E-state index contributed by atoms with van der Waals surface area (Å²) < 4.78 is 0. The summed E-state index contributed by atoms with van der Waals surface area (Å²) in [6.45, 7) is 1.93. The number of hydrogen-bond acceptors (Lipinski definition) is 6. The number of nitrogens with zero attached hydrogens (tertiary/aromatic N) is 3. The van der Waals surface area contributed by atoms with E-state index in [9.17, 15) is 10.1 Å². The fourth-order valence-corrected chi connectivity index (χ4v) is 2.61. The van der Waals surface area contributed by atoms with E-state index in [1.54, 1.807) is 11.3 Å². The van der Waals surface area contributed by atoms with E-state index in [1.807, 2.05) is 30.5 Å². The first-order valence-electron chi connectivity index (χ1n) is 5.93. The van der Waals surface area contributed by atoms with Crippen molar-refractivity contribution in [2.45, 2.75) is 19.4 Å². The van der Waals surface area contributed by atoms with Crippen LogP contribution in [0.5, 0.6) is 0 Å². The zero-order valence-corrected chi connectivity index (χ0v) is 11.6. The van der Waals surface area contributed by atoms with E-state index < -0.39 is 4.92 Å². The van der Waals surface area contributed by atoms with Crippen molar-refractivity contribution in [3.05, 3.63) is 50.3 Å². The van der Waals surface area contributed by atoms with E-state index in [0.717, 1.165) is 6.42 Å². The highest BCUT2D eigenvalue weighted by Crippen LogP contribution is 2.24. The maximum atomic E-state index is 11.0. The number of nitro groups is 1. The summed E-state index contributed by atoms with van der Waals surface area (Å²) in [5.74, 6) is 0.193. The highest BCUT2D eigenvalue weighted by atomic mass is 32.1. The van der Waals surface area contributed by atoms with E-state index in [-0.39, 0.29) is 23.1 Å². The smallest absolute Gasteiger partial charge is 0.312 e. The van der Waals surface area contributed by atoms with Crippen LogP contribution in [0.1, 0.15) is 17.4 Å². The molecular formula is C13H12N4O2S. The van der Waals surface area contributed by atoms with Gasteiger partial charge < -0.3 is 5.32 Å². The van der Waals surface area contributed by atoms with Gasteiger partial charge in [-0.05, 0) is 18.4 Å².